The molecule has 0 aromatic rings. The van der Waals surface area contributed by atoms with Gasteiger partial charge in [0, 0.05) is 26.1 Å². The zero-order valence-electron chi connectivity index (χ0n) is 10.6. The zero-order valence-corrected chi connectivity index (χ0v) is 10.6. The summed E-state index contributed by atoms with van der Waals surface area (Å²) in [6.45, 7) is 3.67. The summed E-state index contributed by atoms with van der Waals surface area (Å²) in [4.78, 5) is 24.1. The van der Waals surface area contributed by atoms with E-state index in [1.165, 1.54) is 4.90 Å². The number of nitrogens with zero attached hydrogens (tertiary/aromatic N) is 1. The van der Waals surface area contributed by atoms with Gasteiger partial charge in [-0.25, -0.2) is 9.59 Å². The highest BCUT2D eigenvalue weighted by molar-refractivity contribution is 5.82. The van der Waals surface area contributed by atoms with Crippen LogP contribution < -0.4 is 5.32 Å². The standard InChI is InChI=1S/C11H22N2O4/c1-4-8(5-2)13(3)11(17)12-9(6-7-14)10(15)16/h8-9,14H,4-7H2,1-3H3,(H,12,17)(H,15,16). The first-order chi connectivity index (χ1) is 7.97. The average Bonchev–Trinajstić information content (AvgIpc) is 2.29. The molecule has 17 heavy (non-hydrogen) atoms. The molecule has 0 aromatic heterocycles. The molecule has 0 heterocycles. The molecule has 100 valence electrons. The molecule has 0 aromatic carbocycles. The summed E-state index contributed by atoms with van der Waals surface area (Å²) >= 11 is 0. The molecule has 6 heteroatoms. The number of carboxylic acids is 1. The summed E-state index contributed by atoms with van der Waals surface area (Å²) < 4.78 is 0. The normalized spacial score (nSPS) is 12.3. The van der Waals surface area contributed by atoms with Crippen molar-refractivity contribution in [2.75, 3.05) is 13.7 Å². The lowest BCUT2D eigenvalue weighted by Gasteiger charge is -2.27. The van der Waals surface area contributed by atoms with Gasteiger partial charge in [0.05, 0.1) is 0 Å². The fourth-order valence-electron chi connectivity index (χ4n) is 1.64. The molecule has 0 aliphatic rings. The predicted octanol–water partition coefficient (Wildman–Crippen LogP) is 0.652. The molecular weight excluding hydrogens is 224 g/mol. The number of carbonyl (C=O) groups excluding carboxylic acids is 1. The van der Waals surface area contributed by atoms with Crippen LogP contribution >= 0.6 is 0 Å². The van der Waals surface area contributed by atoms with E-state index in [1.54, 1.807) is 7.05 Å². The maximum atomic E-state index is 11.8. The number of rotatable bonds is 7. The molecule has 0 rings (SSSR count). The minimum atomic E-state index is -1.13. The molecule has 2 amide bonds. The van der Waals surface area contributed by atoms with E-state index in [0.717, 1.165) is 12.8 Å². The monoisotopic (exact) mass is 246 g/mol. The second kappa shape index (κ2) is 7.89. The van der Waals surface area contributed by atoms with Crippen molar-refractivity contribution in [3.05, 3.63) is 0 Å². The van der Waals surface area contributed by atoms with Gasteiger partial charge in [0.1, 0.15) is 6.04 Å². The van der Waals surface area contributed by atoms with Gasteiger partial charge in [0.15, 0.2) is 0 Å². The smallest absolute Gasteiger partial charge is 0.326 e. The third kappa shape index (κ3) is 5.04. The van der Waals surface area contributed by atoms with Crippen molar-refractivity contribution < 1.29 is 19.8 Å². The van der Waals surface area contributed by atoms with E-state index in [4.69, 9.17) is 10.2 Å². The Balaban J connectivity index is 4.44. The van der Waals surface area contributed by atoms with Gasteiger partial charge in [-0.2, -0.15) is 0 Å². The predicted molar refractivity (Wildman–Crippen MR) is 63.8 cm³/mol. The Labute approximate surface area is 102 Å². The second-order valence-corrected chi connectivity index (χ2v) is 3.93. The molecule has 0 saturated heterocycles. The number of aliphatic hydroxyl groups is 1. The van der Waals surface area contributed by atoms with Gasteiger partial charge in [0.25, 0.3) is 0 Å². The van der Waals surface area contributed by atoms with E-state index in [1.807, 2.05) is 13.8 Å². The first-order valence-electron chi connectivity index (χ1n) is 5.84. The van der Waals surface area contributed by atoms with Crippen LogP contribution in [0.4, 0.5) is 4.79 Å². The van der Waals surface area contributed by atoms with E-state index in [-0.39, 0.29) is 19.1 Å². The Morgan fingerprint density at radius 1 is 1.29 bits per heavy atom. The minimum absolute atomic E-state index is 0.0117. The molecule has 0 aliphatic carbocycles. The molecule has 6 nitrogen and oxygen atoms in total. The van der Waals surface area contributed by atoms with E-state index < -0.39 is 18.0 Å². The quantitative estimate of drug-likeness (QED) is 0.615. The van der Waals surface area contributed by atoms with Crippen molar-refractivity contribution in [3.63, 3.8) is 0 Å². The summed E-state index contributed by atoms with van der Waals surface area (Å²) in [5.74, 6) is -1.13. The van der Waals surface area contributed by atoms with Crippen LogP contribution in [0, 0.1) is 0 Å². The Morgan fingerprint density at radius 2 is 1.82 bits per heavy atom. The van der Waals surface area contributed by atoms with Crippen molar-refractivity contribution in [1.29, 1.82) is 0 Å². The molecular formula is C11H22N2O4. The Hall–Kier alpha value is -1.30. The highest BCUT2D eigenvalue weighted by Gasteiger charge is 2.23. The van der Waals surface area contributed by atoms with E-state index in [9.17, 15) is 9.59 Å². The Bertz CT molecular complexity index is 254. The summed E-state index contributed by atoms with van der Waals surface area (Å²) in [6, 6.07) is -1.36. The number of carbonyl (C=O) groups is 2. The van der Waals surface area contributed by atoms with Crippen molar-refractivity contribution in [2.24, 2.45) is 0 Å². The number of hydrogen-bond acceptors (Lipinski definition) is 3. The van der Waals surface area contributed by atoms with Gasteiger partial charge >= 0.3 is 12.0 Å². The van der Waals surface area contributed by atoms with Crippen LogP contribution in [0.5, 0.6) is 0 Å². The summed E-state index contributed by atoms with van der Waals surface area (Å²) in [7, 11) is 1.64. The maximum Gasteiger partial charge on any atom is 0.326 e. The van der Waals surface area contributed by atoms with E-state index >= 15 is 0 Å². The fourth-order valence-corrected chi connectivity index (χ4v) is 1.64. The lowest BCUT2D eigenvalue weighted by atomic mass is 10.1. The van der Waals surface area contributed by atoms with Crippen LogP contribution in [0.15, 0.2) is 0 Å². The molecule has 0 saturated carbocycles. The maximum absolute atomic E-state index is 11.8. The third-order valence-electron chi connectivity index (χ3n) is 2.82. The highest BCUT2D eigenvalue weighted by atomic mass is 16.4. The first kappa shape index (κ1) is 15.7. The number of hydrogen-bond donors (Lipinski definition) is 3. The van der Waals surface area contributed by atoms with Gasteiger partial charge in [-0.1, -0.05) is 13.8 Å². The molecule has 1 atom stereocenters. The highest BCUT2D eigenvalue weighted by Crippen LogP contribution is 2.06. The number of aliphatic hydroxyl groups excluding tert-OH is 1. The summed E-state index contributed by atoms with van der Waals surface area (Å²) in [6.07, 6.45) is 1.65. The Morgan fingerprint density at radius 3 is 2.18 bits per heavy atom. The van der Waals surface area contributed by atoms with Crippen molar-refractivity contribution in [1.82, 2.24) is 10.2 Å². The van der Waals surface area contributed by atoms with Crippen LogP contribution in [0.25, 0.3) is 0 Å². The largest absolute Gasteiger partial charge is 0.480 e. The zero-order chi connectivity index (χ0) is 13.4. The molecule has 0 spiro atoms. The lowest BCUT2D eigenvalue weighted by Crippen LogP contribution is -2.49. The van der Waals surface area contributed by atoms with Gasteiger partial charge in [0.2, 0.25) is 0 Å². The lowest BCUT2D eigenvalue weighted by molar-refractivity contribution is -0.139. The van der Waals surface area contributed by atoms with Crippen LogP contribution in [0.1, 0.15) is 33.1 Å². The number of carboxylic acid groups (broad SMARTS) is 1. The van der Waals surface area contributed by atoms with Crippen molar-refractivity contribution >= 4 is 12.0 Å². The number of urea groups is 1. The van der Waals surface area contributed by atoms with Crippen LogP contribution in [-0.2, 0) is 4.79 Å². The topological polar surface area (TPSA) is 89.9 Å². The molecule has 3 N–H and O–H groups in total. The van der Waals surface area contributed by atoms with Crippen LogP contribution in [0.3, 0.4) is 0 Å². The number of aliphatic carboxylic acids is 1. The molecule has 0 aliphatic heterocycles. The number of nitrogens with one attached hydrogen (secondary N) is 1. The molecule has 0 fully saturated rings. The molecule has 0 bridgehead atoms. The minimum Gasteiger partial charge on any atom is -0.480 e. The van der Waals surface area contributed by atoms with E-state index in [0.29, 0.717) is 0 Å². The first-order valence-corrected chi connectivity index (χ1v) is 5.84. The van der Waals surface area contributed by atoms with Crippen LogP contribution in [0.2, 0.25) is 0 Å². The van der Waals surface area contributed by atoms with Crippen molar-refractivity contribution in [3.8, 4) is 0 Å². The van der Waals surface area contributed by atoms with Crippen molar-refractivity contribution in [2.45, 2.75) is 45.2 Å². The van der Waals surface area contributed by atoms with Gasteiger partial charge in [-0.3, -0.25) is 0 Å². The van der Waals surface area contributed by atoms with Crippen LogP contribution in [-0.4, -0.2) is 52.9 Å². The fraction of sp³-hybridized carbons (Fsp3) is 0.818. The SMILES string of the molecule is CCC(CC)N(C)C(=O)NC(CCO)C(=O)O. The van der Waals surface area contributed by atoms with Gasteiger partial charge in [-0.15, -0.1) is 0 Å². The third-order valence-corrected chi connectivity index (χ3v) is 2.82. The van der Waals surface area contributed by atoms with E-state index in [2.05, 4.69) is 5.32 Å². The average molecular weight is 246 g/mol. The molecule has 0 radical (unpaired) electrons. The molecule has 1 unspecified atom stereocenters. The summed E-state index contributed by atoms with van der Waals surface area (Å²) in [5, 5.41) is 19.9. The Kier molecular flexibility index (Phi) is 7.29. The second-order valence-electron chi connectivity index (χ2n) is 3.93. The number of amides is 2. The van der Waals surface area contributed by atoms with Gasteiger partial charge in [-0.05, 0) is 12.8 Å². The summed E-state index contributed by atoms with van der Waals surface area (Å²) in [5.41, 5.74) is 0. The van der Waals surface area contributed by atoms with Gasteiger partial charge < -0.3 is 20.4 Å².